The van der Waals surface area contributed by atoms with Gasteiger partial charge in [-0.25, -0.2) is 14.4 Å². The first-order valence-electron chi connectivity index (χ1n) is 7.18. The SMILES string of the molecule is O=C(O)CC[C@H](NC(=O)N[C@@H](Cc1cccc(I)c1)C(=O)O)C(=O)O. The minimum absolute atomic E-state index is 0.0203. The number of carboxylic acids is 3. The summed E-state index contributed by atoms with van der Waals surface area (Å²) < 4.78 is 0.906. The highest BCUT2D eigenvalue weighted by Crippen LogP contribution is 2.10. The van der Waals surface area contributed by atoms with Gasteiger partial charge in [-0.2, -0.15) is 0 Å². The molecule has 2 amide bonds. The number of amides is 2. The minimum atomic E-state index is -1.43. The topological polar surface area (TPSA) is 153 Å². The number of aliphatic carboxylic acids is 3. The maximum absolute atomic E-state index is 11.9. The van der Waals surface area contributed by atoms with Crippen LogP contribution in [-0.4, -0.2) is 51.3 Å². The molecular formula is C15H17IN2O7. The Morgan fingerprint density at radius 1 is 1.00 bits per heavy atom. The molecule has 5 N–H and O–H groups in total. The predicted octanol–water partition coefficient (Wildman–Crippen LogP) is 0.904. The average molecular weight is 464 g/mol. The van der Waals surface area contributed by atoms with Gasteiger partial charge < -0.3 is 26.0 Å². The zero-order valence-electron chi connectivity index (χ0n) is 12.9. The Balaban J connectivity index is 2.70. The Kier molecular flexibility index (Phi) is 8.11. The van der Waals surface area contributed by atoms with E-state index in [9.17, 15) is 24.3 Å². The Morgan fingerprint density at radius 2 is 1.60 bits per heavy atom. The first-order chi connectivity index (χ1) is 11.7. The van der Waals surface area contributed by atoms with Gasteiger partial charge in [-0.1, -0.05) is 12.1 Å². The molecule has 0 fully saturated rings. The molecule has 0 aliphatic heterocycles. The van der Waals surface area contributed by atoms with E-state index in [-0.39, 0.29) is 12.8 Å². The molecule has 1 rings (SSSR count). The summed E-state index contributed by atoms with van der Waals surface area (Å²) >= 11 is 2.07. The Bertz CT molecular complexity index is 665. The van der Waals surface area contributed by atoms with Gasteiger partial charge in [-0.05, 0) is 46.7 Å². The first kappa shape index (κ1) is 20.7. The smallest absolute Gasteiger partial charge is 0.326 e. The van der Waals surface area contributed by atoms with E-state index in [0.29, 0.717) is 5.56 Å². The molecule has 10 heteroatoms. The van der Waals surface area contributed by atoms with E-state index in [4.69, 9.17) is 10.2 Å². The van der Waals surface area contributed by atoms with Crippen LogP contribution in [0.1, 0.15) is 18.4 Å². The quantitative estimate of drug-likeness (QED) is 0.341. The Hall–Kier alpha value is -2.37. The van der Waals surface area contributed by atoms with Gasteiger partial charge in [0.15, 0.2) is 0 Å². The molecule has 0 heterocycles. The van der Waals surface area contributed by atoms with Crippen molar-refractivity contribution in [1.29, 1.82) is 0 Å². The summed E-state index contributed by atoms with van der Waals surface area (Å²) in [7, 11) is 0. The summed E-state index contributed by atoms with van der Waals surface area (Å²) in [6.07, 6.45) is -0.735. The third-order valence-corrected chi connectivity index (χ3v) is 3.85. The summed E-state index contributed by atoms with van der Waals surface area (Å²) in [6.45, 7) is 0. The number of urea groups is 1. The maximum atomic E-state index is 11.9. The zero-order valence-corrected chi connectivity index (χ0v) is 15.1. The third-order valence-electron chi connectivity index (χ3n) is 3.18. The number of nitrogens with one attached hydrogen (secondary N) is 2. The second-order valence-electron chi connectivity index (χ2n) is 5.17. The second kappa shape index (κ2) is 9.81. The molecule has 1 aromatic rings. The molecule has 0 unspecified atom stereocenters. The normalized spacial score (nSPS) is 12.7. The fourth-order valence-corrected chi connectivity index (χ4v) is 2.59. The minimum Gasteiger partial charge on any atom is -0.481 e. The van der Waals surface area contributed by atoms with Crippen LogP contribution < -0.4 is 10.6 Å². The van der Waals surface area contributed by atoms with Crippen LogP contribution in [-0.2, 0) is 20.8 Å². The number of hydrogen-bond acceptors (Lipinski definition) is 4. The van der Waals surface area contributed by atoms with Crippen molar-refractivity contribution in [2.24, 2.45) is 0 Å². The van der Waals surface area contributed by atoms with Gasteiger partial charge in [0.2, 0.25) is 0 Å². The summed E-state index contributed by atoms with van der Waals surface area (Å²) in [5, 5.41) is 31.1. The van der Waals surface area contributed by atoms with Gasteiger partial charge in [0.25, 0.3) is 0 Å². The molecule has 1 aromatic carbocycles. The maximum Gasteiger partial charge on any atom is 0.326 e. The average Bonchev–Trinajstić information content (AvgIpc) is 2.50. The summed E-state index contributed by atoms with van der Waals surface area (Å²) in [4.78, 5) is 44.8. The van der Waals surface area contributed by atoms with E-state index >= 15 is 0 Å². The molecule has 0 aromatic heterocycles. The van der Waals surface area contributed by atoms with E-state index in [1.54, 1.807) is 18.2 Å². The predicted molar refractivity (Wildman–Crippen MR) is 94.2 cm³/mol. The molecule has 0 radical (unpaired) electrons. The van der Waals surface area contributed by atoms with Gasteiger partial charge in [-0.15, -0.1) is 0 Å². The van der Waals surface area contributed by atoms with Crippen LogP contribution in [0.5, 0.6) is 0 Å². The van der Waals surface area contributed by atoms with Crippen LogP contribution in [0.25, 0.3) is 0 Å². The summed E-state index contributed by atoms with van der Waals surface area (Å²) in [5.41, 5.74) is 0.695. The molecular weight excluding hydrogens is 447 g/mol. The molecule has 25 heavy (non-hydrogen) atoms. The zero-order chi connectivity index (χ0) is 19.0. The number of carboxylic acid groups (broad SMARTS) is 3. The van der Waals surface area contributed by atoms with Crippen LogP contribution >= 0.6 is 22.6 Å². The van der Waals surface area contributed by atoms with Crippen LogP contribution in [0.3, 0.4) is 0 Å². The van der Waals surface area contributed by atoms with Crippen LogP contribution in [0, 0.1) is 3.57 Å². The number of rotatable bonds is 9. The number of hydrogen-bond donors (Lipinski definition) is 5. The highest BCUT2D eigenvalue weighted by molar-refractivity contribution is 14.1. The lowest BCUT2D eigenvalue weighted by atomic mass is 10.1. The monoisotopic (exact) mass is 464 g/mol. The van der Waals surface area contributed by atoms with Gasteiger partial charge in [0, 0.05) is 16.4 Å². The van der Waals surface area contributed by atoms with Crippen molar-refractivity contribution in [2.45, 2.75) is 31.3 Å². The molecule has 0 saturated carbocycles. The van der Waals surface area contributed by atoms with E-state index in [2.05, 4.69) is 33.2 Å². The van der Waals surface area contributed by atoms with Gasteiger partial charge in [-0.3, -0.25) is 4.79 Å². The number of carbonyl (C=O) groups excluding carboxylic acids is 1. The standard InChI is InChI=1S/C15H17IN2O7/c16-9-3-1-2-8(6-9)7-11(14(23)24)18-15(25)17-10(13(21)22)4-5-12(19)20/h1-3,6,10-11H,4-5,7H2,(H,19,20)(H,21,22)(H,23,24)(H2,17,18,25)/t10-,11-/m0/s1. The van der Waals surface area contributed by atoms with Crippen LogP contribution in [0.2, 0.25) is 0 Å². The molecule has 2 atom stereocenters. The molecule has 0 aliphatic carbocycles. The lowest BCUT2D eigenvalue weighted by Gasteiger charge is -2.18. The lowest BCUT2D eigenvalue weighted by molar-refractivity contribution is -0.140. The Labute approximate surface area is 156 Å². The largest absolute Gasteiger partial charge is 0.481 e. The number of carbonyl (C=O) groups is 4. The van der Waals surface area contributed by atoms with Crippen molar-refractivity contribution in [1.82, 2.24) is 10.6 Å². The number of benzene rings is 1. The van der Waals surface area contributed by atoms with E-state index < -0.39 is 42.4 Å². The molecule has 9 nitrogen and oxygen atoms in total. The summed E-state index contributed by atoms with van der Waals surface area (Å²) in [5.74, 6) is -3.87. The van der Waals surface area contributed by atoms with Gasteiger partial charge in [0.1, 0.15) is 12.1 Å². The highest BCUT2D eigenvalue weighted by Gasteiger charge is 2.25. The first-order valence-corrected chi connectivity index (χ1v) is 8.25. The summed E-state index contributed by atoms with van der Waals surface area (Å²) in [6, 6.07) is 3.39. The lowest BCUT2D eigenvalue weighted by Crippen LogP contribution is -2.51. The fourth-order valence-electron chi connectivity index (χ4n) is 1.98. The fraction of sp³-hybridized carbons (Fsp3) is 0.333. The Morgan fingerprint density at radius 3 is 2.12 bits per heavy atom. The van der Waals surface area contributed by atoms with E-state index in [0.717, 1.165) is 3.57 Å². The van der Waals surface area contributed by atoms with Crippen molar-refractivity contribution >= 4 is 46.5 Å². The highest BCUT2D eigenvalue weighted by atomic mass is 127. The van der Waals surface area contributed by atoms with E-state index in [1.165, 1.54) is 0 Å². The second-order valence-corrected chi connectivity index (χ2v) is 6.41. The van der Waals surface area contributed by atoms with Crippen molar-refractivity contribution in [3.05, 3.63) is 33.4 Å². The molecule has 0 bridgehead atoms. The van der Waals surface area contributed by atoms with Gasteiger partial charge in [0.05, 0.1) is 0 Å². The molecule has 0 saturated heterocycles. The molecule has 136 valence electrons. The molecule has 0 aliphatic rings. The van der Waals surface area contributed by atoms with Gasteiger partial charge >= 0.3 is 23.9 Å². The van der Waals surface area contributed by atoms with E-state index in [1.807, 2.05) is 6.07 Å². The third kappa shape index (κ3) is 7.83. The van der Waals surface area contributed by atoms with Crippen molar-refractivity contribution < 1.29 is 34.5 Å². The van der Waals surface area contributed by atoms with Crippen molar-refractivity contribution in [2.75, 3.05) is 0 Å². The molecule has 0 spiro atoms. The van der Waals surface area contributed by atoms with Crippen LogP contribution in [0.15, 0.2) is 24.3 Å². The van der Waals surface area contributed by atoms with Crippen LogP contribution in [0.4, 0.5) is 4.79 Å². The van der Waals surface area contributed by atoms with Crippen molar-refractivity contribution in [3.8, 4) is 0 Å². The number of halogens is 1. The van der Waals surface area contributed by atoms with Crippen molar-refractivity contribution in [3.63, 3.8) is 0 Å².